The van der Waals surface area contributed by atoms with Gasteiger partial charge in [0.15, 0.2) is 0 Å². The van der Waals surface area contributed by atoms with E-state index in [2.05, 4.69) is 17.2 Å². The van der Waals surface area contributed by atoms with Crippen molar-refractivity contribution in [3.05, 3.63) is 48.6 Å². The standard InChI is InChI=1S/C13H16N2O3/c1-2-6-11(12(16)17)15-13(18)14-9-10-7-4-3-5-8-10/h2-5,7-8,11H,1,6,9H2,(H,16,17)(H2,14,15,18). The maximum atomic E-state index is 11.5. The van der Waals surface area contributed by atoms with E-state index < -0.39 is 18.0 Å². The minimum absolute atomic E-state index is 0.189. The third-order valence-electron chi connectivity index (χ3n) is 2.30. The maximum absolute atomic E-state index is 11.5. The summed E-state index contributed by atoms with van der Waals surface area (Å²) < 4.78 is 0. The Bertz CT molecular complexity index is 418. The predicted octanol–water partition coefficient (Wildman–Crippen LogP) is 1.52. The van der Waals surface area contributed by atoms with Crippen LogP contribution < -0.4 is 10.6 Å². The highest BCUT2D eigenvalue weighted by Crippen LogP contribution is 1.97. The number of carboxylic acid groups (broad SMARTS) is 1. The molecule has 0 heterocycles. The normalized spacial score (nSPS) is 11.3. The van der Waals surface area contributed by atoms with Gasteiger partial charge in [-0.2, -0.15) is 0 Å². The molecule has 0 saturated heterocycles. The summed E-state index contributed by atoms with van der Waals surface area (Å²) in [6.07, 6.45) is 1.64. The monoisotopic (exact) mass is 248 g/mol. The molecular weight excluding hydrogens is 232 g/mol. The van der Waals surface area contributed by atoms with Gasteiger partial charge in [0.05, 0.1) is 0 Å². The topological polar surface area (TPSA) is 78.4 Å². The van der Waals surface area contributed by atoms with Crippen LogP contribution in [0.1, 0.15) is 12.0 Å². The summed E-state index contributed by atoms with van der Waals surface area (Å²) in [5.41, 5.74) is 0.947. The quantitative estimate of drug-likeness (QED) is 0.668. The number of nitrogens with one attached hydrogen (secondary N) is 2. The van der Waals surface area contributed by atoms with Crippen LogP contribution in [0.25, 0.3) is 0 Å². The van der Waals surface area contributed by atoms with Crippen molar-refractivity contribution in [2.45, 2.75) is 19.0 Å². The first-order chi connectivity index (χ1) is 8.63. The molecule has 1 aromatic rings. The number of carboxylic acids is 1. The van der Waals surface area contributed by atoms with Crippen molar-refractivity contribution in [3.63, 3.8) is 0 Å². The lowest BCUT2D eigenvalue weighted by molar-refractivity contribution is -0.139. The van der Waals surface area contributed by atoms with Gasteiger partial charge in [0.25, 0.3) is 0 Å². The van der Waals surface area contributed by atoms with Gasteiger partial charge in [0, 0.05) is 6.54 Å². The highest BCUT2D eigenvalue weighted by atomic mass is 16.4. The molecule has 96 valence electrons. The third kappa shape index (κ3) is 4.69. The molecule has 0 aliphatic carbocycles. The van der Waals surface area contributed by atoms with Crippen molar-refractivity contribution >= 4 is 12.0 Å². The molecule has 0 aromatic heterocycles. The molecule has 0 fully saturated rings. The van der Waals surface area contributed by atoms with Crippen LogP contribution in [0.5, 0.6) is 0 Å². The number of carbonyl (C=O) groups excluding carboxylic acids is 1. The number of hydrogen-bond acceptors (Lipinski definition) is 2. The minimum Gasteiger partial charge on any atom is -0.480 e. The Morgan fingerprint density at radius 3 is 2.56 bits per heavy atom. The highest BCUT2D eigenvalue weighted by Gasteiger charge is 2.17. The SMILES string of the molecule is C=CCC(NC(=O)NCc1ccccc1)C(=O)O. The van der Waals surface area contributed by atoms with Crippen molar-refractivity contribution in [2.24, 2.45) is 0 Å². The average molecular weight is 248 g/mol. The summed E-state index contributed by atoms with van der Waals surface area (Å²) in [6, 6.07) is 7.91. The van der Waals surface area contributed by atoms with Gasteiger partial charge in [-0.05, 0) is 12.0 Å². The lowest BCUT2D eigenvalue weighted by Gasteiger charge is -2.13. The summed E-state index contributed by atoms with van der Waals surface area (Å²) in [7, 11) is 0. The first-order valence-electron chi connectivity index (χ1n) is 5.55. The summed E-state index contributed by atoms with van der Waals surface area (Å²) >= 11 is 0. The van der Waals surface area contributed by atoms with Crippen LogP contribution in [0.3, 0.4) is 0 Å². The Balaban J connectivity index is 2.41. The van der Waals surface area contributed by atoms with E-state index in [0.717, 1.165) is 5.56 Å². The van der Waals surface area contributed by atoms with Crippen molar-refractivity contribution < 1.29 is 14.7 Å². The predicted molar refractivity (Wildman–Crippen MR) is 68.1 cm³/mol. The molecular formula is C13H16N2O3. The van der Waals surface area contributed by atoms with Crippen LogP contribution in [-0.2, 0) is 11.3 Å². The molecule has 5 heteroatoms. The van der Waals surface area contributed by atoms with Crippen LogP contribution >= 0.6 is 0 Å². The number of rotatable bonds is 6. The van der Waals surface area contributed by atoms with Gasteiger partial charge in [-0.1, -0.05) is 36.4 Å². The van der Waals surface area contributed by atoms with Crippen molar-refractivity contribution in [1.82, 2.24) is 10.6 Å². The molecule has 0 radical (unpaired) electrons. The summed E-state index contributed by atoms with van der Waals surface area (Å²) in [4.78, 5) is 22.3. The molecule has 1 unspecified atom stereocenters. The van der Waals surface area contributed by atoms with E-state index in [1.165, 1.54) is 6.08 Å². The highest BCUT2D eigenvalue weighted by molar-refractivity contribution is 5.82. The number of amides is 2. The lowest BCUT2D eigenvalue weighted by Crippen LogP contribution is -2.45. The zero-order valence-corrected chi connectivity index (χ0v) is 9.93. The van der Waals surface area contributed by atoms with Gasteiger partial charge in [-0.3, -0.25) is 0 Å². The molecule has 0 bridgehead atoms. The second-order valence-corrected chi connectivity index (χ2v) is 3.73. The first-order valence-corrected chi connectivity index (χ1v) is 5.55. The Hall–Kier alpha value is -2.30. The van der Waals surface area contributed by atoms with E-state index in [-0.39, 0.29) is 6.42 Å². The summed E-state index contributed by atoms with van der Waals surface area (Å²) in [6.45, 7) is 3.80. The van der Waals surface area contributed by atoms with E-state index >= 15 is 0 Å². The van der Waals surface area contributed by atoms with Crippen molar-refractivity contribution in [2.75, 3.05) is 0 Å². The zero-order valence-electron chi connectivity index (χ0n) is 9.93. The molecule has 1 rings (SSSR count). The van der Waals surface area contributed by atoms with E-state index in [4.69, 9.17) is 5.11 Å². The summed E-state index contributed by atoms with van der Waals surface area (Å²) in [5, 5.41) is 13.8. The molecule has 0 spiro atoms. The minimum atomic E-state index is -1.08. The largest absolute Gasteiger partial charge is 0.480 e. The Morgan fingerprint density at radius 1 is 1.33 bits per heavy atom. The van der Waals surface area contributed by atoms with E-state index in [0.29, 0.717) is 6.54 Å². The second kappa shape index (κ2) is 7.11. The van der Waals surface area contributed by atoms with Gasteiger partial charge < -0.3 is 15.7 Å². The Labute approximate surface area is 106 Å². The van der Waals surface area contributed by atoms with E-state index in [1.807, 2.05) is 30.3 Å². The molecule has 2 amide bonds. The van der Waals surface area contributed by atoms with Crippen molar-refractivity contribution in [3.8, 4) is 0 Å². The van der Waals surface area contributed by atoms with Crippen LogP contribution in [0.2, 0.25) is 0 Å². The van der Waals surface area contributed by atoms with E-state index in [9.17, 15) is 9.59 Å². The number of aliphatic carboxylic acids is 1. The second-order valence-electron chi connectivity index (χ2n) is 3.73. The zero-order chi connectivity index (χ0) is 13.4. The third-order valence-corrected chi connectivity index (χ3v) is 2.30. The number of benzene rings is 1. The molecule has 1 atom stereocenters. The van der Waals surface area contributed by atoms with Gasteiger partial charge in [-0.25, -0.2) is 9.59 Å². The molecule has 3 N–H and O–H groups in total. The summed E-state index contributed by atoms with van der Waals surface area (Å²) in [5.74, 6) is -1.08. The van der Waals surface area contributed by atoms with Gasteiger partial charge >= 0.3 is 12.0 Å². The Kier molecular flexibility index (Phi) is 5.44. The lowest BCUT2D eigenvalue weighted by atomic mass is 10.2. The molecule has 0 aliphatic heterocycles. The smallest absolute Gasteiger partial charge is 0.326 e. The van der Waals surface area contributed by atoms with Crippen molar-refractivity contribution in [1.29, 1.82) is 0 Å². The Morgan fingerprint density at radius 2 is 2.00 bits per heavy atom. The molecule has 5 nitrogen and oxygen atoms in total. The van der Waals surface area contributed by atoms with Crippen LogP contribution in [0.15, 0.2) is 43.0 Å². The molecule has 18 heavy (non-hydrogen) atoms. The number of hydrogen-bond donors (Lipinski definition) is 3. The molecule has 0 aliphatic rings. The fourth-order valence-electron chi connectivity index (χ4n) is 1.38. The van der Waals surface area contributed by atoms with Gasteiger partial charge in [-0.15, -0.1) is 6.58 Å². The van der Waals surface area contributed by atoms with Crippen LogP contribution in [0, 0.1) is 0 Å². The fraction of sp³-hybridized carbons (Fsp3) is 0.231. The van der Waals surface area contributed by atoms with Gasteiger partial charge in [0.1, 0.15) is 6.04 Å². The van der Waals surface area contributed by atoms with Gasteiger partial charge in [0.2, 0.25) is 0 Å². The number of urea groups is 1. The number of carbonyl (C=O) groups is 2. The molecule has 0 saturated carbocycles. The molecule has 1 aromatic carbocycles. The first kappa shape index (κ1) is 13.8. The fourth-order valence-corrected chi connectivity index (χ4v) is 1.38. The van der Waals surface area contributed by atoms with Crippen LogP contribution in [-0.4, -0.2) is 23.1 Å². The van der Waals surface area contributed by atoms with E-state index in [1.54, 1.807) is 0 Å². The average Bonchev–Trinajstić information content (AvgIpc) is 2.37. The van der Waals surface area contributed by atoms with Crippen LogP contribution in [0.4, 0.5) is 4.79 Å². The maximum Gasteiger partial charge on any atom is 0.326 e.